The van der Waals surface area contributed by atoms with Gasteiger partial charge >= 0.3 is 0 Å². The maximum absolute atomic E-state index is 5.74. The Bertz CT molecular complexity index is 692. The van der Waals surface area contributed by atoms with Crippen molar-refractivity contribution in [2.45, 2.75) is 0 Å². The molecule has 0 saturated carbocycles. The van der Waals surface area contributed by atoms with E-state index in [4.69, 9.17) is 5.73 Å². The lowest BCUT2D eigenvalue weighted by atomic mass is 10.3. The molecule has 0 bridgehead atoms. The third-order valence-corrected chi connectivity index (χ3v) is 2.70. The maximum atomic E-state index is 5.74. The van der Waals surface area contributed by atoms with Gasteiger partial charge in [0, 0.05) is 29.8 Å². The highest BCUT2D eigenvalue weighted by molar-refractivity contribution is 5.64. The van der Waals surface area contributed by atoms with Crippen molar-refractivity contribution >= 4 is 28.7 Å². The van der Waals surface area contributed by atoms with Gasteiger partial charge in [0.1, 0.15) is 18.0 Å². The zero-order valence-corrected chi connectivity index (χ0v) is 10.7. The molecule has 6 nitrogen and oxygen atoms in total. The van der Waals surface area contributed by atoms with E-state index in [1.165, 1.54) is 6.33 Å². The average Bonchev–Trinajstić information content (AvgIpc) is 2.92. The van der Waals surface area contributed by atoms with E-state index in [0.717, 1.165) is 11.4 Å². The Balaban J connectivity index is 1.77. The molecular formula is C14H14N6. The first-order valence-corrected chi connectivity index (χ1v) is 6.14. The summed E-state index contributed by atoms with van der Waals surface area (Å²) in [7, 11) is 0. The largest absolute Gasteiger partial charge is 0.399 e. The van der Waals surface area contributed by atoms with Gasteiger partial charge in [-0.25, -0.2) is 9.97 Å². The van der Waals surface area contributed by atoms with Gasteiger partial charge in [-0.3, -0.25) is 0 Å². The summed E-state index contributed by atoms with van der Waals surface area (Å²) in [5.74, 6) is 1.41. The van der Waals surface area contributed by atoms with Crippen LogP contribution in [0.2, 0.25) is 0 Å². The van der Waals surface area contributed by atoms with E-state index in [1.807, 2.05) is 48.8 Å². The first-order chi connectivity index (χ1) is 9.79. The first kappa shape index (κ1) is 12.0. The Morgan fingerprint density at radius 2 is 1.75 bits per heavy atom. The molecule has 0 fully saturated rings. The van der Waals surface area contributed by atoms with E-state index in [1.54, 1.807) is 0 Å². The van der Waals surface area contributed by atoms with Gasteiger partial charge in [0.05, 0.1) is 5.69 Å². The molecular weight excluding hydrogens is 252 g/mol. The number of hydrogen-bond acceptors (Lipinski definition) is 5. The van der Waals surface area contributed by atoms with E-state index in [2.05, 4.69) is 25.6 Å². The Hall–Kier alpha value is -3.02. The summed E-state index contributed by atoms with van der Waals surface area (Å²) in [6.07, 6.45) is 5.20. The molecule has 0 aliphatic heterocycles. The SMILES string of the molecule is Nc1cccc(Nc2cc(Nc3cc[nH]c3)ncn2)c1. The highest BCUT2D eigenvalue weighted by Crippen LogP contribution is 2.20. The van der Waals surface area contributed by atoms with Crippen LogP contribution >= 0.6 is 0 Å². The predicted octanol–water partition coefficient (Wildman–Crippen LogP) is 2.87. The molecule has 5 N–H and O–H groups in total. The monoisotopic (exact) mass is 266 g/mol. The Labute approximate surface area is 116 Å². The van der Waals surface area contributed by atoms with Crippen LogP contribution in [0.3, 0.4) is 0 Å². The lowest BCUT2D eigenvalue weighted by molar-refractivity contribution is 1.17. The standard InChI is InChI=1S/C14H14N6/c15-10-2-1-3-11(6-10)19-13-7-14(18-9-17-13)20-12-4-5-16-8-12/h1-9,16H,15H2,(H2,17,18,19,20). The fraction of sp³-hybridized carbons (Fsp3) is 0. The average molecular weight is 266 g/mol. The van der Waals surface area contributed by atoms with Crippen LogP contribution in [0.5, 0.6) is 0 Å². The number of nitrogens with one attached hydrogen (secondary N) is 3. The third-order valence-electron chi connectivity index (χ3n) is 2.70. The highest BCUT2D eigenvalue weighted by atomic mass is 15.1. The summed E-state index contributed by atoms with van der Waals surface area (Å²) in [6.45, 7) is 0. The number of anilines is 5. The van der Waals surface area contributed by atoms with E-state index in [0.29, 0.717) is 17.3 Å². The van der Waals surface area contributed by atoms with Crippen molar-refractivity contribution in [3.8, 4) is 0 Å². The number of rotatable bonds is 4. The number of nitrogens with two attached hydrogens (primary N) is 1. The number of hydrogen-bond donors (Lipinski definition) is 4. The van der Waals surface area contributed by atoms with E-state index < -0.39 is 0 Å². The number of benzene rings is 1. The summed E-state index contributed by atoms with van der Waals surface area (Å²) in [4.78, 5) is 11.3. The molecule has 0 amide bonds. The molecule has 3 rings (SSSR count). The van der Waals surface area contributed by atoms with Crippen molar-refractivity contribution in [1.29, 1.82) is 0 Å². The second-order valence-corrected chi connectivity index (χ2v) is 4.26. The topological polar surface area (TPSA) is 91.7 Å². The molecule has 6 heteroatoms. The lowest BCUT2D eigenvalue weighted by Gasteiger charge is -2.08. The Morgan fingerprint density at radius 3 is 2.45 bits per heavy atom. The van der Waals surface area contributed by atoms with Gasteiger partial charge in [0.15, 0.2) is 0 Å². The second-order valence-electron chi connectivity index (χ2n) is 4.26. The molecule has 2 aromatic heterocycles. The van der Waals surface area contributed by atoms with Gasteiger partial charge in [-0.2, -0.15) is 0 Å². The molecule has 0 aliphatic rings. The number of aromatic amines is 1. The number of nitrogen functional groups attached to an aromatic ring is 1. The quantitative estimate of drug-likeness (QED) is 0.545. The molecule has 0 radical (unpaired) electrons. The minimum atomic E-state index is 0.698. The lowest BCUT2D eigenvalue weighted by Crippen LogP contribution is -1.98. The molecule has 1 aromatic carbocycles. The van der Waals surface area contributed by atoms with Crippen molar-refractivity contribution in [1.82, 2.24) is 15.0 Å². The summed E-state index contributed by atoms with van der Waals surface area (Å²) in [6, 6.07) is 11.3. The normalized spacial score (nSPS) is 10.2. The van der Waals surface area contributed by atoms with Crippen LogP contribution in [-0.2, 0) is 0 Å². The number of aromatic nitrogens is 3. The molecule has 0 saturated heterocycles. The molecule has 0 spiro atoms. The Kier molecular flexibility index (Phi) is 3.20. The molecule has 0 aliphatic carbocycles. The van der Waals surface area contributed by atoms with E-state index in [9.17, 15) is 0 Å². The van der Waals surface area contributed by atoms with Crippen molar-refractivity contribution in [2.75, 3.05) is 16.4 Å². The first-order valence-electron chi connectivity index (χ1n) is 6.14. The second kappa shape index (κ2) is 5.31. The minimum Gasteiger partial charge on any atom is -0.399 e. The van der Waals surface area contributed by atoms with E-state index in [-0.39, 0.29) is 0 Å². The van der Waals surface area contributed by atoms with Gasteiger partial charge in [0.2, 0.25) is 0 Å². The van der Waals surface area contributed by atoms with Crippen molar-refractivity contribution in [3.05, 3.63) is 55.1 Å². The van der Waals surface area contributed by atoms with Gasteiger partial charge < -0.3 is 21.4 Å². The van der Waals surface area contributed by atoms with Crippen molar-refractivity contribution < 1.29 is 0 Å². The van der Waals surface area contributed by atoms with Crippen LogP contribution in [0.25, 0.3) is 0 Å². The summed E-state index contributed by atoms with van der Waals surface area (Å²) in [5.41, 5.74) is 8.28. The van der Waals surface area contributed by atoms with Crippen molar-refractivity contribution in [2.24, 2.45) is 0 Å². The van der Waals surface area contributed by atoms with Crippen molar-refractivity contribution in [3.63, 3.8) is 0 Å². The summed E-state index contributed by atoms with van der Waals surface area (Å²) < 4.78 is 0. The Morgan fingerprint density at radius 1 is 0.950 bits per heavy atom. The molecule has 0 unspecified atom stereocenters. The van der Waals surface area contributed by atoms with Gasteiger partial charge in [-0.15, -0.1) is 0 Å². The summed E-state index contributed by atoms with van der Waals surface area (Å²) >= 11 is 0. The van der Waals surface area contributed by atoms with Gasteiger partial charge in [-0.1, -0.05) is 6.07 Å². The van der Waals surface area contributed by atoms with Crippen LogP contribution in [0.4, 0.5) is 28.7 Å². The summed E-state index contributed by atoms with van der Waals surface area (Å²) in [5, 5.41) is 6.36. The zero-order chi connectivity index (χ0) is 13.8. The fourth-order valence-corrected chi connectivity index (χ4v) is 1.81. The van der Waals surface area contributed by atoms with Gasteiger partial charge in [0.25, 0.3) is 0 Å². The van der Waals surface area contributed by atoms with E-state index >= 15 is 0 Å². The third kappa shape index (κ3) is 2.86. The number of nitrogens with zero attached hydrogens (tertiary/aromatic N) is 2. The molecule has 100 valence electrons. The molecule has 0 atom stereocenters. The van der Waals surface area contributed by atoms with Crippen LogP contribution in [0, 0.1) is 0 Å². The predicted molar refractivity (Wildman–Crippen MR) is 80.2 cm³/mol. The fourth-order valence-electron chi connectivity index (χ4n) is 1.81. The highest BCUT2D eigenvalue weighted by Gasteiger charge is 2.01. The van der Waals surface area contributed by atoms with Crippen LogP contribution in [0.1, 0.15) is 0 Å². The van der Waals surface area contributed by atoms with Crippen LogP contribution in [-0.4, -0.2) is 15.0 Å². The van der Waals surface area contributed by atoms with Gasteiger partial charge in [-0.05, 0) is 24.3 Å². The molecule has 20 heavy (non-hydrogen) atoms. The zero-order valence-electron chi connectivity index (χ0n) is 10.7. The maximum Gasteiger partial charge on any atom is 0.135 e. The molecule has 2 heterocycles. The van der Waals surface area contributed by atoms with Crippen LogP contribution in [0.15, 0.2) is 55.1 Å². The minimum absolute atomic E-state index is 0.698. The smallest absolute Gasteiger partial charge is 0.135 e. The molecule has 3 aromatic rings. The van der Waals surface area contributed by atoms with Crippen LogP contribution < -0.4 is 16.4 Å². The number of H-pyrrole nitrogens is 1.